The first-order chi connectivity index (χ1) is 13.3. The number of hydrogen-bond donors (Lipinski definition) is 2. The van der Waals surface area contributed by atoms with Gasteiger partial charge in [0.15, 0.2) is 0 Å². The van der Waals surface area contributed by atoms with E-state index in [2.05, 4.69) is 64.1 Å². The zero-order valence-corrected chi connectivity index (χ0v) is 18.2. The summed E-state index contributed by atoms with van der Waals surface area (Å²) in [6, 6.07) is 21.0. The van der Waals surface area contributed by atoms with Crippen LogP contribution in [-0.4, -0.2) is 49.7 Å². The molecule has 1 heterocycles. The fraction of sp³-hybridized carbons (Fsp3) is 0.409. The lowest BCUT2D eigenvalue weighted by Gasteiger charge is -2.24. The Kier molecular flexibility index (Phi) is 12.6. The Balaban J connectivity index is 0.00000210. The molecule has 7 heteroatoms. The third-order valence-electron chi connectivity index (χ3n) is 4.67. The van der Waals surface area contributed by atoms with Crippen molar-refractivity contribution in [3.05, 3.63) is 71.8 Å². The molecule has 1 atom stereocenters. The lowest BCUT2D eigenvalue weighted by atomic mass is 10.1. The quantitative estimate of drug-likeness (QED) is 0.589. The Morgan fingerprint density at radius 3 is 2.10 bits per heavy atom. The molecule has 1 unspecified atom stereocenters. The summed E-state index contributed by atoms with van der Waals surface area (Å²) in [5.41, 5.74) is 2.61. The molecule has 0 aliphatic carbocycles. The summed E-state index contributed by atoms with van der Waals surface area (Å²) in [6.07, 6.45) is 0.550. The van der Waals surface area contributed by atoms with Gasteiger partial charge in [-0.2, -0.15) is 0 Å². The summed E-state index contributed by atoms with van der Waals surface area (Å²) in [4.78, 5) is 14.6. The fourth-order valence-corrected chi connectivity index (χ4v) is 3.26. The van der Waals surface area contributed by atoms with Crippen LogP contribution in [0.4, 0.5) is 0 Å². The number of hydrogen-bond acceptors (Lipinski definition) is 4. The molecule has 0 aromatic heterocycles. The average molecular weight is 440 g/mol. The molecule has 1 amide bonds. The van der Waals surface area contributed by atoms with Gasteiger partial charge in [-0.1, -0.05) is 60.7 Å². The first-order valence-corrected chi connectivity index (χ1v) is 9.71. The van der Waals surface area contributed by atoms with Gasteiger partial charge in [0.05, 0.1) is 6.61 Å². The number of morpholine rings is 1. The van der Waals surface area contributed by atoms with Crippen LogP contribution >= 0.6 is 24.8 Å². The predicted molar refractivity (Wildman–Crippen MR) is 122 cm³/mol. The normalized spacial score (nSPS) is 15.8. The highest BCUT2D eigenvalue weighted by Gasteiger charge is 2.21. The highest BCUT2D eigenvalue weighted by molar-refractivity contribution is 5.85. The van der Waals surface area contributed by atoms with E-state index in [9.17, 15) is 4.79 Å². The summed E-state index contributed by atoms with van der Waals surface area (Å²) in [6.45, 7) is 5.41. The van der Waals surface area contributed by atoms with E-state index in [1.807, 2.05) is 12.1 Å². The van der Waals surface area contributed by atoms with Crippen LogP contribution in [0.3, 0.4) is 0 Å². The molecule has 29 heavy (non-hydrogen) atoms. The zero-order valence-electron chi connectivity index (χ0n) is 16.6. The number of nitrogens with one attached hydrogen (secondary N) is 2. The SMILES string of the molecule is Cl.Cl.O=C(NCCCN(Cc1ccccc1)Cc1ccccc1)C1CNCCO1. The lowest BCUT2D eigenvalue weighted by molar-refractivity contribution is -0.134. The summed E-state index contributed by atoms with van der Waals surface area (Å²) >= 11 is 0. The smallest absolute Gasteiger partial charge is 0.250 e. The second-order valence-electron chi connectivity index (χ2n) is 6.89. The van der Waals surface area contributed by atoms with Crippen LogP contribution < -0.4 is 10.6 Å². The Morgan fingerprint density at radius 1 is 1.00 bits per heavy atom. The summed E-state index contributed by atoms with van der Waals surface area (Å²) < 4.78 is 5.49. The first-order valence-electron chi connectivity index (χ1n) is 9.71. The van der Waals surface area contributed by atoms with Crippen molar-refractivity contribution >= 4 is 30.7 Å². The van der Waals surface area contributed by atoms with E-state index in [0.29, 0.717) is 19.7 Å². The van der Waals surface area contributed by atoms with Crippen molar-refractivity contribution in [2.45, 2.75) is 25.6 Å². The molecule has 1 fully saturated rings. The van der Waals surface area contributed by atoms with E-state index in [4.69, 9.17) is 4.74 Å². The Labute approximate surface area is 186 Å². The van der Waals surface area contributed by atoms with Crippen LogP contribution in [0.15, 0.2) is 60.7 Å². The largest absolute Gasteiger partial charge is 0.366 e. The van der Waals surface area contributed by atoms with Crippen molar-refractivity contribution in [2.24, 2.45) is 0 Å². The van der Waals surface area contributed by atoms with Gasteiger partial charge in [0, 0.05) is 39.3 Å². The topological polar surface area (TPSA) is 53.6 Å². The molecule has 0 radical (unpaired) electrons. The summed E-state index contributed by atoms with van der Waals surface area (Å²) in [5, 5.41) is 6.19. The van der Waals surface area contributed by atoms with E-state index >= 15 is 0 Å². The van der Waals surface area contributed by atoms with Gasteiger partial charge in [-0.15, -0.1) is 24.8 Å². The predicted octanol–water partition coefficient (Wildman–Crippen LogP) is 3.03. The molecule has 2 aromatic rings. The van der Waals surface area contributed by atoms with Crippen LogP contribution in [-0.2, 0) is 22.6 Å². The van der Waals surface area contributed by atoms with Gasteiger partial charge in [-0.05, 0) is 17.5 Å². The molecule has 2 N–H and O–H groups in total. The van der Waals surface area contributed by atoms with Gasteiger partial charge in [0.1, 0.15) is 6.10 Å². The number of amides is 1. The molecule has 2 aromatic carbocycles. The number of carbonyl (C=O) groups excluding carboxylic acids is 1. The minimum absolute atomic E-state index is 0. The van der Waals surface area contributed by atoms with Gasteiger partial charge in [-0.3, -0.25) is 9.69 Å². The van der Waals surface area contributed by atoms with Crippen molar-refractivity contribution in [1.29, 1.82) is 0 Å². The third-order valence-corrected chi connectivity index (χ3v) is 4.67. The van der Waals surface area contributed by atoms with Crippen LogP contribution in [0.1, 0.15) is 17.5 Å². The maximum Gasteiger partial charge on any atom is 0.250 e. The first kappa shape index (κ1) is 25.4. The molecule has 0 bridgehead atoms. The van der Waals surface area contributed by atoms with Crippen molar-refractivity contribution in [3.8, 4) is 0 Å². The number of nitrogens with zero attached hydrogens (tertiary/aromatic N) is 1. The second-order valence-corrected chi connectivity index (χ2v) is 6.89. The van der Waals surface area contributed by atoms with Crippen LogP contribution in [0.5, 0.6) is 0 Å². The Bertz CT molecular complexity index is 641. The van der Waals surface area contributed by atoms with Gasteiger partial charge in [0.25, 0.3) is 0 Å². The van der Waals surface area contributed by atoms with Gasteiger partial charge in [0.2, 0.25) is 5.91 Å². The lowest BCUT2D eigenvalue weighted by Crippen LogP contribution is -2.48. The van der Waals surface area contributed by atoms with Crippen LogP contribution in [0.25, 0.3) is 0 Å². The molecule has 0 saturated carbocycles. The van der Waals surface area contributed by atoms with Crippen molar-refractivity contribution < 1.29 is 9.53 Å². The highest BCUT2D eigenvalue weighted by Crippen LogP contribution is 2.10. The van der Waals surface area contributed by atoms with E-state index < -0.39 is 0 Å². The molecule has 0 spiro atoms. The van der Waals surface area contributed by atoms with Crippen LogP contribution in [0.2, 0.25) is 0 Å². The average Bonchev–Trinajstić information content (AvgIpc) is 2.73. The molecule has 5 nitrogen and oxygen atoms in total. The third kappa shape index (κ3) is 9.15. The molecule has 1 saturated heterocycles. The van der Waals surface area contributed by atoms with E-state index in [-0.39, 0.29) is 36.8 Å². The molecular formula is C22H31Cl2N3O2. The Morgan fingerprint density at radius 2 is 1.59 bits per heavy atom. The molecule has 1 aliphatic rings. The standard InChI is InChI=1S/C22H29N3O2.2ClH/c26-22(21-16-23-13-15-27-21)24-12-7-14-25(17-19-8-3-1-4-9-19)18-20-10-5-2-6-11-20;;/h1-6,8-11,21,23H,7,12-18H2,(H,24,26);2*1H. The number of halogens is 2. The summed E-state index contributed by atoms with van der Waals surface area (Å²) in [7, 11) is 0. The van der Waals surface area contributed by atoms with E-state index in [1.54, 1.807) is 0 Å². The van der Waals surface area contributed by atoms with Crippen molar-refractivity contribution in [3.63, 3.8) is 0 Å². The van der Waals surface area contributed by atoms with Gasteiger partial charge in [-0.25, -0.2) is 0 Å². The minimum Gasteiger partial charge on any atom is -0.366 e. The summed E-state index contributed by atoms with van der Waals surface area (Å²) in [5.74, 6) is -0.0140. The number of carbonyl (C=O) groups is 1. The van der Waals surface area contributed by atoms with Crippen molar-refractivity contribution in [1.82, 2.24) is 15.5 Å². The number of ether oxygens (including phenoxy) is 1. The number of benzene rings is 2. The Hall–Kier alpha value is -1.63. The van der Waals surface area contributed by atoms with E-state index in [0.717, 1.165) is 32.6 Å². The fourth-order valence-electron chi connectivity index (χ4n) is 3.26. The number of rotatable bonds is 9. The second kappa shape index (κ2) is 14.4. The van der Waals surface area contributed by atoms with Gasteiger partial charge >= 0.3 is 0 Å². The van der Waals surface area contributed by atoms with Crippen molar-refractivity contribution in [2.75, 3.05) is 32.8 Å². The zero-order chi connectivity index (χ0) is 18.7. The molecule has 3 rings (SSSR count). The van der Waals surface area contributed by atoms with Gasteiger partial charge < -0.3 is 15.4 Å². The van der Waals surface area contributed by atoms with E-state index in [1.165, 1.54) is 11.1 Å². The maximum atomic E-state index is 12.1. The monoisotopic (exact) mass is 439 g/mol. The highest BCUT2D eigenvalue weighted by atomic mass is 35.5. The maximum absolute atomic E-state index is 12.1. The molecule has 160 valence electrons. The minimum atomic E-state index is -0.358. The molecular weight excluding hydrogens is 409 g/mol. The van der Waals surface area contributed by atoms with Crippen LogP contribution in [0, 0.1) is 0 Å². The molecule has 1 aliphatic heterocycles.